The SMILES string of the molecule is CCCNc1cncc(N2CCOC(C)C2)n1. The van der Waals surface area contributed by atoms with Crippen LogP contribution in [0.25, 0.3) is 0 Å². The van der Waals surface area contributed by atoms with Gasteiger partial charge in [0.15, 0.2) is 0 Å². The monoisotopic (exact) mass is 236 g/mol. The Bertz CT molecular complexity index is 358. The van der Waals surface area contributed by atoms with Gasteiger partial charge in [0.25, 0.3) is 0 Å². The lowest BCUT2D eigenvalue weighted by atomic mass is 10.3. The van der Waals surface area contributed by atoms with E-state index in [0.717, 1.165) is 44.3 Å². The highest BCUT2D eigenvalue weighted by molar-refractivity contribution is 5.44. The Morgan fingerprint density at radius 1 is 1.53 bits per heavy atom. The summed E-state index contributed by atoms with van der Waals surface area (Å²) >= 11 is 0. The number of hydrogen-bond acceptors (Lipinski definition) is 5. The topological polar surface area (TPSA) is 50.3 Å². The average molecular weight is 236 g/mol. The fraction of sp³-hybridized carbons (Fsp3) is 0.667. The minimum absolute atomic E-state index is 0.262. The third-order valence-corrected chi connectivity index (χ3v) is 2.74. The van der Waals surface area contributed by atoms with Crippen LogP contribution < -0.4 is 10.2 Å². The van der Waals surface area contributed by atoms with Crippen molar-refractivity contribution in [2.24, 2.45) is 0 Å². The van der Waals surface area contributed by atoms with Crippen LogP contribution in [0.4, 0.5) is 11.6 Å². The van der Waals surface area contributed by atoms with Gasteiger partial charge in [-0.3, -0.25) is 4.98 Å². The van der Waals surface area contributed by atoms with Crippen LogP contribution in [0.3, 0.4) is 0 Å². The molecule has 1 unspecified atom stereocenters. The number of aromatic nitrogens is 2. The molecule has 1 N–H and O–H groups in total. The van der Waals surface area contributed by atoms with Crippen LogP contribution in [0.1, 0.15) is 20.3 Å². The summed E-state index contributed by atoms with van der Waals surface area (Å²) in [6, 6.07) is 0. The zero-order valence-corrected chi connectivity index (χ0v) is 10.5. The molecule has 0 saturated carbocycles. The molecule has 1 atom stereocenters. The number of anilines is 2. The van der Waals surface area contributed by atoms with E-state index in [1.54, 1.807) is 6.20 Å². The Kier molecular flexibility index (Phi) is 4.14. The van der Waals surface area contributed by atoms with Gasteiger partial charge >= 0.3 is 0 Å². The van der Waals surface area contributed by atoms with E-state index >= 15 is 0 Å². The highest BCUT2D eigenvalue weighted by Crippen LogP contribution is 2.15. The van der Waals surface area contributed by atoms with Gasteiger partial charge in [0.05, 0.1) is 25.1 Å². The Morgan fingerprint density at radius 3 is 3.18 bits per heavy atom. The van der Waals surface area contributed by atoms with Crippen LogP contribution in [0, 0.1) is 0 Å². The van der Waals surface area contributed by atoms with Gasteiger partial charge in [0.1, 0.15) is 11.6 Å². The minimum atomic E-state index is 0.262. The van der Waals surface area contributed by atoms with Gasteiger partial charge in [-0.15, -0.1) is 0 Å². The zero-order valence-electron chi connectivity index (χ0n) is 10.5. The van der Waals surface area contributed by atoms with Gasteiger partial charge in [-0.25, -0.2) is 4.98 Å². The summed E-state index contributed by atoms with van der Waals surface area (Å²) in [6.45, 7) is 7.67. The fourth-order valence-electron chi connectivity index (χ4n) is 1.87. The van der Waals surface area contributed by atoms with E-state index < -0.39 is 0 Å². The molecule has 0 aliphatic carbocycles. The summed E-state index contributed by atoms with van der Waals surface area (Å²) < 4.78 is 5.52. The summed E-state index contributed by atoms with van der Waals surface area (Å²) in [6.07, 6.45) is 4.93. The smallest absolute Gasteiger partial charge is 0.149 e. The maximum absolute atomic E-state index is 5.52. The fourth-order valence-corrected chi connectivity index (χ4v) is 1.87. The van der Waals surface area contributed by atoms with Crippen molar-refractivity contribution < 1.29 is 4.74 Å². The molecule has 0 amide bonds. The molecule has 1 aliphatic rings. The molecule has 5 nitrogen and oxygen atoms in total. The highest BCUT2D eigenvalue weighted by atomic mass is 16.5. The molecule has 5 heteroatoms. The van der Waals surface area contributed by atoms with Gasteiger partial charge in [0, 0.05) is 19.6 Å². The maximum atomic E-state index is 5.52. The molecule has 1 fully saturated rings. The van der Waals surface area contributed by atoms with Crippen LogP contribution in [0.2, 0.25) is 0 Å². The molecule has 1 saturated heterocycles. The predicted molar refractivity (Wildman–Crippen MR) is 68.4 cm³/mol. The lowest BCUT2D eigenvalue weighted by Crippen LogP contribution is -2.41. The Labute approximate surface area is 102 Å². The van der Waals surface area contributed by atoms with E-state index in [1.165, 1.54) is 0 Å². The van der Waals surface area contributed by atoms with Crippen molar-refractivity contribution in [3.05, 3.63) is 12.4 Å². The lowest BCUT2D eigenvalue weighted by molar-refractivity contribution is 0.0529. The first-order chi connectivity index (χ1) is 8.29. The van der Waals surface area contributed by atoms with Crippen molar-refractivity contribution in [3.8, 4) is 0 Å². The second-order valence-corrected chi connectivity index (χ2v) is 4.32. The third kappa shape index (κ3) is 3.30. The van der Waals surface area contributed by atoms with Gasteiger partial charge in [-0.05, 0) is 13.3 Å². The van der Waals surface area contributed by atoms with Gasteiger partial charge < -0.3 is 15.0 Å². The Balaban J connectivity index is 2.04. The van der Waals surface area contributed by atoms with Crippen molar-refractivity contribution >= 4 is 11.6 Å². The minimum Gasteiger partial charge on any atom is -0.375 e. The number of nitrogens with zero attached hydrogens (tertiary/aromatic N) is 3. The van der Waals surface area contributed by atoms with E-state index in [1.807, 2.05) is 6.20 Å². The molecule has 0 radical (unpaired) electrons. The van der Waals surface area contributed by atoms with Gasteiger partial charge in [0.2, 0.25) is 0 Å². The molecular formula is C12H20N4O. The maximum Gasteiger partial charge on any atom is 0.149 e. The Morgan fingerprint density at radius 2 is 2.41 bits per heavy atom. The van der Waals surface area contributed by atoms with Crippen molar-refractivity contribution in [1.29, 1.82) is 0 Å². The first-order valence-electron chi connectivity index (χ1n) is 6.22. The molecule has 0 bridgehead atoms. The van der Waals surface area contributed by atoms with Crippen LogP contribution >= 0.6 is 0 Å². The van der Waals surface area contributed by atoms with Gasteiger partial charge in [-0.1, -0.05) is 6.92 Å². The van der Waals surface area contributed by atoms with Crippen molar-refractivity contribution in [3.63, 3.8) is 0 Å². The number of hydrogen-bond donors (Lipinski definition) is 1. The van der Waals surface area contributed by atoms with Crippen LogP contribution in [0.15, 0.2) is 12.4 Å². The molecule has 2 rings (SSSR count). The van der Waals surface area contributed by atoms with Crippen LogP contribution in [-0.2, 0) is 4.74 Å². The summed E-state index contributed by atoms with van der Waals surface area (Å²) in [5.41, 5.74) is 0. The second kappa shape index (κ2) is 5.82. The molecule has 0 spiro atoms. The van der Waals surface area contributed by atoms with Crippen LogP contribution in [0.5, 0.6) is 0 Å². The quantitative estimate of drug-likeness (QED) is 0.859. The summed E-state index contributed by atoms with van der Waals surface area (Å²) in [5.74, 6) is 1.78. The van der Waals surface area contributed by atoms with E-state index in [-0.39, 0.29) is 6.10 Å². The zero-order chi connectivity index (χ0) is 12.1. The summed E-state index contributed by atoms with van der Waals surface area (Å²) in [5, 5.41) is 3.25. The van der Waals surface area contributed by atoms with Crippen molar-refractivity contribution in [2.45, 2.75) is 26.4 Å². The molecule has 1 aliphatic heterocycles. The van der Waals surface area contributed by atoms with Crippen molar-refractivity contribution in [2.75, 3.05) is 36.5 Å². The number of nitrogens with one attached hydrogen (secondary N) is 1. The third-order valence-electron chi connectivity index (χ3n) is 2.74. The molecule has 94 valence electrons. The number of morpholine rings is 1. The molecule has 2 heterocycles. The second-order valence-electron chi connectivity index (χ2n) is 4.32. The summed E-state index contributed by atoms with van der Waals surface area (Å²) in [7, 11) is 0. The molecular weight excluding hydrogens is 216 g/mol. The number of ether oxygens (including phenoxy) is 1. The molecule has 1 aromatic heterocycles. The molecule has 1 aromatic rings. The Hall–Kier alpha value is -1.36. The van der Waals surface area contributed by atoms with E-state index in [9.17, 15) is 0 Å². The summed E-state index contributed by atoms with van der Waals surface area (Å²) in [4.78, 5) is 11.0. The van der Waals surface area contributed by atoms with Crippen LogP contribution in [-0.4, -0.2) is 42.3 Å². The molecule has 0 aromatic carbocycles. The van der Waals surface area contributed by atoms with Crippen molar-refractivity contribution in [1.82, 2.24) is 9.97 Å². The van der Waals surface area contributed by atoms with E-state index in [4.69, 9.17) is 4.74 Å². The predicted octanol–water partition coefficient (Wildman–Crippen LogP) is 1.52. The van der Waals surface area contributed by atoms with Gasteiger partial charge in [-0.2, -0.15) is 0 Å². The standard InChI is InChI=1S/C12H20N4O/c1-3-4-14-11-7-13-8-12(15-11)16-5-6-17-10(2)9-16/h7-8,10H,3-6,9H2,1-2H3,(H,14,15). The van der Waals surface area contributed by atoms with E-state index in [0.29, 0.717) is 0 Å². The first-order valence-corrected chi connectivity index (χ1v) is 6.22. The van der Waals surface area contributed by atoms with E-state index in [2.05, 4.69) is 34.0 Å². The first kappa shape index (κ1) is 12.1. The average Bonchev–Trinajstić information content (AvgIpc) is 2.37. The number of rotatable bonds is 4. The lowest BCUT2D eigenvalue weighted by Gasteiger charge is -2.31. The molecule has 17 heavy (non-hydrogen) atoms. The normalized spacial score (nSPS) is 20.4. The highest BCUT2D eigenvalue weighted by Gasteiger charge is 2.18. The largest absolute Gasteiger partial charge is 0.375 e.